The Balaban J connectivity index is 2.24. The molecule has 0 saturated heterocycles. The molecule has 0 unspecified atom stereocenters. The molecule has 1 aromatic carbocycles. The van der Waals surface area contributed by atoms with E-state index < -0.39 is 11.7 Å². The van der Waals surface area contributed by atoms with E-state index in [9.17, 15) is 9.18 Å². The van der Waals surface area contributed by atoms with Crippen molar-refractivity contribution in [2.75, 3.05) is 11.9 Å². The molecular formula is C14H12FN3OS. The number of anilines is 1. The summed E-state index contributed by atoms with van der Waals surface area (Å²) >= 11 is 1.32. The van der Waals surface area contributed by atoms with Gasteiger partial charge in [0.2, 0.25) is 0 Å². The lowest BCUT2D eigenvalue weighted by molar-refractivity contribution is 0.102. The van der Waals surface area contributed by atoms with Crippen molar-refractivity contribution < 1.29 is 9.18 Å². The minimum Gasteiger partial charge on any atom is -0.320 e. The highest BCUT2D eigenvalue weighted by atomic mass is 32.1. The van der Waals surface area contributed by atoms with Gasteiger partial charge in [-0.2, -0.15) is 0 Å². The summed E-state index contributed by atoms with van der Waals surface area (Å²) in [5.74, 6) is 4.27. The average molecular weight is 289 g/mol. The largest absolute Gasteiger partial charge is 0.320 e. The van der Waals surface area contributed by atoms with E-state index in [4.69, 9.17) is 5.73 Å². The maximum Gasteiger partial charge on any atom is 0.260 e. The van der Waals surface area contributed by atoms with Gasteiger partial charge in [-0.1, -0.05) is 11.8 Å². The normalized spacial score (nSPS) is 9.75. The van der Waals surface area contributed by atoms with E-state index in [1.807, 2.05) is 6.92 Å². The number of benzene rings is 1. The van der Waals surface area contributed by atoms with Crippen LogP contribution in [0.25, 0.3) is 0 Å². The molecule has 0 atom stereocenters. The highest BCUT2D eigenvalue weighted by Crippen LogP contribution is 2.18. The summed E-state index contributed by atoms with van der Waals surface area (Å²) in [6.45, 7) is 2.08. The van der Waals surface area contributed by atoms with Crippen LogP contribution in [0.2, 0.25) is 0 Å². The molecular weight excluding hydrogens is 277 g/mol. The molecule has 3 N–H and O–H groups in total. The third kappa shape index (κ3) is 3.41. The van der Waals surface area contributed by atoms with E-state index in [-0.39, 0.29) is 12.1 Å². The second-order valence-electron chi connectivity index (χ2n) is 3.93. The van der Waals surface area contributed by atoms with Crippen LogP contribution in [0, 0.1) is 24.6 Å². The van der Waals surface area contributed by atoms with Crippen molar-refractivity contribution in [1.82, 2.24) is 4.98 Å². The molecule has 1 heterocycles. The fourth-order valence-electron chi connectivity index (χ4n) is 1.51. The lowest BCUT2D eigenvalue weighted by Gasteiger charge is -2.03. The van der Waals surface area contributed by atoms with Crippen LogP contribution in [0.3, 0.4) is 0 Å². The van der Waals surface area contributed by atoms with Crippen molar-refractivity contribution in [3.8, 4) is 11.8 Å². The third-order valence-corrected chi connectivity index (χ3v) is 3.22. The Labute approximate surface area is 119 Å². The standard InChI is InChI=1S/C14H12FN3OS/c1-9-8-17-14(20-9)18-13(19)11-7-10(3-2-6-16)4-5-12(11)15/h4-5,7-8H,6,16H2,1H3,(H,17,18,19). The van der Waals surface area contributed by atoms with Crippen LogP contribution in [0.5, 0.6) is 0 Å². The van der Waals surface area contributed by atoms with Gasteiger partial charge < -0.3 is 5.73 Å². The van der Waals surface area contributed by atoms with Crippen LogP contribution in [0.1, 0.15) is 20.8 Å². The number of carbonyl (C=O) groups is 1. The topological polar surface area (TPSA) is 68.0 Å². The molecule has 0 aliphatic carbocycles. The number of aryl methyl sites for hydroxylation is 1. The first-order chi connectivity index (χ1) is 9.60. The van der Waals surface area contributed by atoms with Crippen LogP contribution < -0.4 is 11.1 Å². The number of hydrogen-bond donors (Lipinski definition) is 2. The Kier molecular flexibility index (Phi) is 4.45. The number of nitrogens with one attached hydrogen (secondary N) is 1. The smallest absolute Gasteiger partial charge is 0.260 e. The SMILES string of the molecule is Cc1cnc(NC(=O)c2cc(C#CCN)ccc2F)s1. The summed E-state index contributed by atoms with van der Waals surface area (Å²) < 4.78 is 13.7. The number of aromatic nitrogens is 1. The van der Waals surface area contributed by atoms with Gasteiger partial charge in [0.15, 0.2) is 5.13 Å². The molecule has 2 aromatic rings. The fourth-order valence-corrected chi connectivity index (χ4v) is 2.17. The number of amides is 1. The highest BCUT2D eigenvalue weighted by molar-refractivity contribution is 7.15. The summed E-state index contributed by atoms with van der Waals surface area (Å²) in [6, 6.07) is 4.11. The molecule has 0 radical (unpaired) electrons. The monoisotopic (exact) mass is 289 g/mol. The molecule has 0 bridgehead atoms. The van der Waals surface area contributed by atoms with Gasteiger partial charge in [-0.05, 0) is 25.1 Å². The van der Waals surface area contributed by atoms with Gasteiger partial charge in [0.1, 0.15) is 5.82 Å². The van der Waals surface area contributed by atoms with Gasteiger partial charge in [0, 0.05) is 16.6 Å². The Morgan fingerprint density at radius 1 is 1.55 bits per heavy atom. The Hall–Kier alpha value is -2.23. The van der Waals surface area contributed by atoms with Crippen LogP contribution >= 0.6 is 11.3 Å². The lowest BCUT2D eigenvalue weighted by atomic mass is 10.1. The molecule has 2 rings (SSSR count). The summed E-state index contributed by atoms with van der Waals surface area (Å²) in [4.78, 5) is 17.0. The zero-order chi connectivity index (χ0) is 14.5. The molecule has 1 amide bonds. The maximum atomic E-state index is 13.7. The molecule has 6 heteroatoms. The predicted molar refractivity (Wildman–Crippen MR) is 77.1 cm³/mol. The Bertz CT molecular complexity index is 700. The summed E-state index contributed by atoms with van der Waals surface area (Å²) in [6.07, 6.45) is 1.64. The number of nitrogens with zero attached hydrogens (tertiary/aromatic N) is 1. The minimum absolute atomic E-state index is 0.0679. The Morgan fingerprint density at radius 3 is 3.00 bits per heavy atom. The number of halogens is 1. The number of rotatable bonds is 2. The molecule has 0 aliphatic rings. The van der Waals surface area contributed by atoms with Crippen LogP contribution in [-0.4, -0.2) is 17.4 Å². The fraction of sp³-hybridized carbons (Fsp3) is 0.143. The zero-order valence-corrected chi connectivity index (χ0v) is 11.6. The van der Waals surface area contributed by atoms with Gasteiger partial charge in [-0.15, -0.1) is 11.3 Å². The number of carbonyl (C=O) groups excluding carboxylic acids is 1. The van der Waals surface area contributed by atoms with Crippen molar-refractivity contribution in [3.05, 3.63) is 46.2 Å². The minimum atomic E-state index is -0.603. The maximum absolute atomic E-state index is 13.7. The average Bonchev–Trinajstić information content (AvgIpc) is 2.83. The van der Waals surface area contributed by atoms with Gasteiger partial charge >= 0.3 is 0 Å². The predicted octanol–water partition coefficient (Wildman–Crippen LogP) is 2.15. The van der Waals surface area contributed by atoms with Crippen molar-refractivity contribution in [1.29, 1.82) is 0 Å². The Morgan fingerprint density at radius 2 is 2.35 bits per heavy atom. The third-order valence-electron chi connectivity index (χ3n) is 2.39. The van der Waals surface area contributed by atoms with E-state index in [2.05, 4.69) is 22.1 Å². The first-order valence-corrected chi connectivity index (χ1v) is 6.64. The van der Waals surface area contributed by atoms with Crippen molar-refractivity contribution in [3.63, 3.8) is 0 Å². The van der Waals surface area contributed by atoms with Crippen LogP contribution in [0.4, 0.5) is 9.52 Å². The number of thiazole rings is 1. The molecule has 1 aromatic heterocycles. The second-order valence-corrected chi connectivity index (χ2v) is 5.17. The molecule has 20 heavy (non-hydrogen) atoms. The zero-order valence-electron chi connectivity index (χ0n) is 10.7. The lowest BCUT2D eigenvalue weighted by Crippen LogP contribution is -2.13. The molecule has 0 aliphatic heterocycles. The first kappa shape index (κ1) is 14.2. The quantitative estimate of drug-likeness (QED) is 0.832. The second kappa shape index (κ2) is 6.28. The van der Waals surface area contributed by atoms with E-state index in [1.54, 1.807) is 6.20 Å². The molecule has 102 valence electrons. The van der Waals surface area contributed by atoms with Gasteiger partial charge in [-0.25, -0.2) is 9.37 Å². The molecule has 4 nitrogen and oxygen atoms in total. The highest BCUT2D eigenvalue weighted by Gasteiger charge is 2.13. The summed E-state index contributed by atoms with van der Waals surface area (Å²) in [5.41, 5.74) is 5.75. The van der Waals surface area contributed by atoms with Gasteiger partial charge in [0.05, 0.1) is 12.1 Å². The van der Waals surface area contributed by atoms with Crippen LogP contribution in [-0.2, 0) is 0 Å². The van der Waals surface area contributed by atoms with E-state index in [0.29, 0.717) is 10.7 Å². The van der Waals surface area contributed by atoms with Crippen LogP contribution in [0.15, 0.2) is 24.4 Å². The van der Waals surface area contributed by atoms with Gasteiger partial charge in [-0.3, -0.25) is 10.1 Å². The van der Waals surface area contributed by atoms with E-state index in [1.165, 1.54) is 29.5 Å². The van der Waals surface area contributed by atoms with E-state index in [0.717, 1.165) is 4.88 Å². The number of nitrogens with two attached hydrogens (primary N) is 1. The van der Waals surface area contributed by atoms with E-state index >= 15 is 0 Å². The molecule has 0 fully saturated rings. The van der Waals surface area contributed by atoms with Crippen molar-refractivity contribution >= 4 is 22.4 Å². The first-order valence-electron chi connectivity index (χ1n) is 5.82. The van der Waals surface area contributed by atoms with Crippen molar-refractivity contribution in [2.24, 2.45) is 5.73 Å². The number of hydrogen-bond acceptors (Lipinski definition) is 4. The molecule has 0 spiro atoms. The van der Waals surface area contributed by atoms with Gasteiger partial charge in [0.25, 0.3) is 5.91 Å². The molecule has 0 saturated carbocycles. The van der Waals surface area contributed by atoms with Crippen molar-refractivity contribution in [2.45, 2.75) is 6.92 Å². The summed E-state index contributed by atoms with van der Waals surface area (Å²) in [7, 11) is 0. The summed E-state index contributed by atoms with van der Waals surface area (Å²) in [5, 5.41) is 2.99.